The van der Waals surface area contributed by atoms with E-state index in [9.17, 15) is 0 Å². The average Bonchev–Trinajstić information content (AvgIpc) is 2.58. The third-order valence-corrected chi connectivity index (χ3v) is 25.0. The molecule has 3 nitrogen and oxygen atoms in total. The van der Waals surface area contributed by atoms with Gasteiger partial charge in [0.25, 0.3) is 0 Å². The van der Waals surface area contributed by atoms with Crippen LogP contribution in [0.5, 0.6) is 0 Å². The van der Waals surface area contributed by atoms with Crippen molar-refractivity contribution in [2.75, 3.05) is 34.2 Å². The summed E-state index contributed by atoms with van der Waals surface area (Å²) in [6.07, 6.45) is 6.88. The van der Waals surface area contributed by atoms with Crippen molar-refractivity contribution in [3.63, 3.8) is 0 Å². The van der Waals surface area contributed by atoms with E-state index < -0.39 is 33.8 Å². The number of unbranched alkanes of at least 4 members (excludes halogenated alkanes) is 1. The van der Waals surface area contributed by atoms with Gasteiger partial charge < -0.3 is 12.3 Å². The largest absolute Gasteiger partial charge is 0.437 e. The van der Waals surface area contributed by atoms with Crippen LogP contribution in [0.4, 0.5) is 0 Å². The van der Waals surface area contributed by atoms with Crippen molar-refractivity contribution in [3.8, 4) is 0 Å². The van der Waals surface area contributed by atoms with Crippen molar-refractivity contribution in [3.05, 3.63) is 0 Å². The third kappa shape index (κ3) is 16.7. The molecule has 182 valence electrons. The van der Waals surface area contributed by atoms with E-state index in [1.807, 2.05) is 35.3 Å². The molecule has 0 N–H and O–H groups in total. The van der Waals surface area contributed by atoms with Crippen LogP contribution in [0, 0.1) is 0 Å². The zero-order valence-electron chi connectivity index (χ0n) is 21.2. The number of hydrogen-bond donors (Lipinski definition) is 0. The fourth-order valence-corrected chi connectivity index (χ4v) is 28.5. The van der Waals surface area contributed by atoms with Crippen LogP contribution < -0.4 is 0 Å². The number of rotatable bonds is 19. The van der Waals surface area contributed by atoms with Gasteiger partial charge in [-0.3, -0.25) is 0 Å². The predicted octanol–water partition coefficient (Wildman–Crippen LogP) is 8.13. The molecule has 0 aliphatic rings. The Morgan fingerprint density at radius 1 is 0.667 bits per heavy atom. The number of thioether (sulfide) groups is 4. The molecule has 0 fully saturated rings. The molecule has 2 atom stereocenters. The van der Waals surface area contributed by atoms with Gasteiger partial charge in [-0.15, -0.1) is 0 Å². The molecule has 0 saturated carbocycles. The Balaban J connectivity index is 5.43. The van der Waals surface area contributed by atoms with Crippen LogP contribution in [0.3, 0.4) is 0 Å². The Labute approximate surface area is 209 Å². The highest BCUT2D eigenvalue weighted by molar-refractivity contribution is 8.16. The summed E-state index contributed by atoms with van der Waals surface area (Å²) in [5.74, 6) is 2.34. The van der Waals surface area contributed by atoms with Crippen LogP contribution in [-0.2, 0) is 12.3 Å². The van der Waals surface area contributed by atoms with Crippen LogP contribution in [-0.4, -0.2) is 67.9 Å². The summed E-state index contributed by atoms with van der Waals surface area (Å²) in [5, 5.41) is 2.32. The van der Waals surface area contributed by atoms with Gasteiger partial charge in [0.1, 0.15) is 0 Å². The van der Waals surface area contributed by atoms with E-state index in [-0.39, 0.29) is 0 Å². The highest BCUT2D eigenvalue weighted by Gasteiger charge is 2.46. The molecule has 0 aliphatic carbocycles. The summed E-state index contributed by atoms with van der Waals surface area (Å²) in [5.41, 5.74) is 0. The molecule has 30 heavy (non-hydrogen) atoms. The lowest BCUT2D eigenvalue weighted by Gasteiger charge is -2.43. The van der Waals surface area contributed by atoms with E-state index in [2.05, 4.69) is 77.0 Å². The maximum atomic E-state index is 7.22. The van der Waals surface area contributed by atoms with Crippen LogP contribution in [0.15, 0.2) is 0 Å². The summed E-state index contributed by atoms with van der Waals surface area (Å²) in [6, 6.07) is 3.56. The van der Waals surface area contributed by atoms with Crippen molar-refractivity contribution in [1.29, 1.82) is 0 Å². The first-order valence-corrected chi connectivity index (χ1v) is 27.7. The number of hydrogen-bond acceptors (Lipinski definition) is 7. The first-order valence-electron chi connectivity index (χ1n) is 11.0. The van der Waals surface area contributed by atoms with Crippen molar-refractivity contribution in [2.24, 2.45) is 0 Å². The van der Waals surface area contributed by atoms with Crippen LogP contribution in [0.2, 0.25) is 64.0 Å². The fraction of sp³-hybridized carbons (Fsp3) is 1.00. The molecule has 0 aromatic carbocycles. The zero-order valence-corrected chi connectivity index (χ0v) is 28.5. The summed E-state index contributed by atoms with van der Waals surface area (Å²) in [6.45, 7) is 18.4. The van der Waals surface area contributed by atoms with E-state index in [0.717, 1.165) is 16.9 Å². The van der Waals surface area contributed by atoms with Gasteiger partial charge in [0, 0.05) is 10.2 Å². The Kier molecular flexibility index (Phi) is 17.1. The monoisotopic (exact) mass is 564 g/mol. The van der Waals surface area contributed by atoms with Gasteiger partial charge in [-0.2, -0.15) is 47.0 Å². The maximum Gasteiger partial charge on any atom is 0.316 e. The van der Waals surface area contributed by atoms with Crippen LogP contribution in [0.25, 0.3) is 0 Å². The predicted molar refractivity (Wildman–Crippen MR) is 158 cm³/mol. The molecular weight excluding hydrogens is 517 g/mol. The topological polar surface area (TPSA) is 27.7 Å². The van der Waals surface area contributed by atoms with Crippen LogP contribution in [0.1, 0.15) is 19.8 Å². The molecule has 0 aliphatic heterocycles. The Morgan fingerprint density at radius 3 is 1.67 bits per heavy atom. The summed E-state index contributed by atoms with van der Waals surface area (Å²) in [4.78, 5) is 0. The van der Waals surface area contributed by atoms with Gasteiger partial charge in [0.05, 0.1) is 0 Å². The van der Waals surface area contributed by atoms with Gasteiger partial charge in [-0.25, -0.2) is 0 Å². The Morgan fingerprint density at radius 2 is 1.20 bits per heavy atom. The Bertz CT molecular complexity index is 458. The van der Waals surface area contributed by atoms with E-state index in [1.165, 1.54) is 35.8 Å². The second-order valence-corrected chi connectivity index (χ2v) is 30.4. The lowest BCUT2D eigenvalue weighted by molar-refractivity contribution is 0.322. The molecule has 0 spiro atoms. The molecule has 0 heterocycles. The van der Waals surface area contributed by atoms with Crippen molar-refractivity contribution in [1.82, 2.24) is 0 Å². The average molecular weight is 565 g/mol. The molecule has 11 heteroatoms. The van der Waals surface area contributed by atoms with E-state index in [4.69, 9.17) is 12.3 Å². The van der Waals surface area contributed by atoms with Gasteiger partial charge in [0.15, 0.2) is 16.6 Å². The molecule has 0 saturated heterocycles. The lowest BCUT2D eigenvalue weighted by atomic mass is 10.4. The molecule has 0 rings (SSSR count). The van der Waals surface area contributed by atoms with Gasteiger partial charge in [-0.1, -0.05) is 19.8 Å². The minimum atomic E-state index is -2.31. The normalized spacial score (nSPS) is 17.0. The van der Waals surface area contributed by atoms with E-state index >= 15 is 0 Å². The van der Waals surface area contributed by atoms with E-state index in [1.54, 1.807) is 0 Å². The standard InChI is InChI=1S/C19H48O3S4Si4/c1-11-12-15-29(9,16-13-25-18-23-2)22-30(10,17-14-26-19-24-3)21-28(7,8)20-27(4,5)6/h11-19H2,1-10H3. The van der Waals surface area contributed by atoms with Crippen molar-refractivity contribution in [2.45, 2.75) is 83.7 Å². The first kappa shape index (κ1) is 32.1. The molecule has 0 radical (unpaired) electrons. The zero-order chi connectivity index (χ0) is 23.3. The highest BCUT2D eigenvalue weighted by Crippen LogP contribution is 2.33. The maximum absolute atomic E-state index is 7.22. The smallest absolute Gasteiger partial charge is 0.316 e. The van der Waals surface area contributed by atoms with Crippen molar-refractivity contribution >= 4 is 80.8 Å². The van der Waals surface area contributed by atoms with Crippen LogP contribution >= 0.6 is 47.0 Å². The second-order valence-electron chi connectivity index (χ2n) is 9.64. The Hall–Kier alpha value is 2.15. The lowest BCUT2D eigenvalue weighted by Crippen LogP contribution is -2.58. The molecule has 0 aromatic rings. The molecule has 0 aromatic heterocycles. The molecule has 0 amide bonds. The quantitative estimate of drug-likeness (QED) is 0.0888. The molecular formula is C19H48O3S4Si4. The van der Waals surface area contributed by atoms with E-state index in [0.29, 0.717) is 0 Å². The van der Waals surface area contributed by atoms with Gasteiger partial charge in [0.2, 0.25) is 0 Å². The van der Waals surface area contributed by atoms with Crippen molar-refractivity contribution < 1.29 is 12.3 Å². The summed E-state index contributed by atoms with van der Waals surface area (Å²) in [7, 11) is -7.99. The SMILES string of the molecule is CCCC[Si](C)(CCSCSC)O[Si](C)(CCSCSC)O[Si](C)(C)O[Si](C)(C)C. The summed E-state index contributed by atoms with van der Waals surface area (Å²) < 4.78 is 20.7. The fourth-order valence-electron chi connectivity index (χ4n) is 3.53. The highest BCUT2D eigenvalue weighted by atomic mass is 32.2. The molecule has 2 unspecified atom stereocenters. The van der Waals surface area contributed by atoms with Gasteiger partial charge in [-0.05, 0) is 88.0 Å². The first-order chi connectivity index (χ1) is 13.8. The minimum absolute atomic E-state index is 1.07. The second kappa shape index (κ2) is 15.9. The summed E-state index contributed by atoms with van der Waals surface area (Å²) >= 11 is 7.90. The molecule has 0 bridgehead atoms. The van der Waals surface area contributed by atoms with Gasteiger partial charge >= 0.3 is 17.1 Å². The minimum Gasteiger partial charge on any atom is -0.437 e. The third-order valence-electron chi connectivity index (χ3n) is 4.41.